The van der Waals surface area contributed by atoms with Crippen LogP contribution >= 0.6 is 0 Å². The second kappa shape index (κ2) is 11.2. The first kappa shape index (κ1) is 20.9. The standard InChI is InChI=1S/C23H27NO5/c25-22(24-14-4-8-18-6-2-1-3-7-18)17-29-23(26)19-10-12-20(13-11-19)28-16-21-9-5-15-27-21/h1-3,6-7,10-13,21H,4-5,8-9,14-17H2,(H,24,25). The quantitative estimate of drug-likeness (QED) is 0.492. The third kappa shape index (κ3) is 7.23. The molecule has 1 atom stereocenters. The molecule has 6 heteroatoms. The van der Waals surface area contributed by atoms with Gasteiger partial charge in [-0.3, -0.25) is 4.79 Å². The lowest BCUT2D eigenvalue weighted by Gasteiger charge is -2.11. The Bertz CT molecular complexity index is 770. The molecule has 1 aliphatic heterocycles. The Labute approximate surface area is 171 Å². The molecular formula is C23H27NO5. The van der Waals surface area contributed by atoms with Crippen LogP contribution in [-0.2, 0) is 20.7 Å². The van der Waals surface area contributed by atoms with Crippen molar-refractivity contribution in [3.8, 4) is 5.75 Å². The van der Waals surface area contributed by atoms with Gasteiger partial charge in [0.1, 0.15) is 12.4 Å². The summed E-state index contributed by atoms with van der Waals surface area (Å²) in [5, 5.41) is 2.76. The van der Waals surface area contributed by atoms with Crippen LogP contribution in [0.2, 0.25) is 0 Å². The number of amides is 1. The number of aryl methyl sites for hydroxylation is 1. The predicted octanol–water partition coefficient (Wildman–Crippen LogP) is 3.15. The van der Waals surface area contributed by atoms with Crippen LogP contribution in [0.4, 0.5) is 0 Å². The normalized spacial score (nSPS) is 15.7. The van der Waals surface area contributed by atoms with E-state index in [1.165, 1.54) is 5.56 Å². The van der Waals surface area contributed by atoms with Gasteiger partial charge >= 0.3 is 5.97 Å². The number of hydrogen-bond donors (Lipinski definition) is 1. The minimum atomic E-state index is -0.532. The Hall–Kier alpha value is -2.86. The molecule has 1 N–H and O–H groups in total. The molecule has 3 rings (SSSR count). The molecule has 1 aliphatic rings. The number of rotatable bonds is 10. The van der Waals surface area contributed by atoms with Crippen molar-refractivity contribution in [2.45, 2.75) is 31.8 Å². The molecule has 1 heterocycles. The summed E-state index contributed by atoms with van der Waals surface area (Å²) in [6.07, 6.45) is 3.95. The summed E-state index contributed by atoms with van der Waals surface area (Å²) in [5.41, 5.74) is 1.61. The third-order valence-corrected chi connectivity index (χ3v) is 4.69. The van der Waals surface area contributed by atoms with E-state index in [2.05, 4.69) is 17.4 Å². The zero-order chi connectivity index (χ0) is 20.3. The Morgan fingerprint density at radius 2 is 1.86 bits per heavy atom. The van der Waals surface area contributed by atoms with Gasteiger partial charge in [-0.2, -0.15) is 0 Å². The van der Waals surface area contributed by atoms with Crippen molar-refractivity contribution >= 4 is 11.9 Å². The van der Waals surface area contributed by atoms with Gasteiger partial charge in [-0.15, -0.1) is 0 Å². The van der Waals surface area contributed by atoms with Gasteiger partial charge in [-0.1, -0.05) is 30.3 Å². The molecule has 1 saturated heterocycles. The van der Waals surface area contributed by atoms with Crippen molar-refractivity contribution in [2.24, 2.45) is 0 Å². The lowest BCUT2D eigenvalue weighted by molar-refractivity contribution is -0.124. The van der Waals surface area contributed by atoms with Crippen molar-refractivity contribution < 1.29 is 23.8 Å². The smallest absolute Gasteiger partial charge is 0.338 e. The summed E-state index contributed by atoms with van der Waals surface area (Å²) in [4.78, 5) is 23.9. The monoisotopic (exact) mass is 397 g/mol. The van der Waals surface area contributed by atoms with E-state index in [0.717, 1.165) is 32.3 Å². The van der Waals surface area contributed by atoms with Gasteiger partial charge in [0.2, 0.25) is 0 Å². The van der Waals surface area contributed by atoms with Crippen LogP contribution in [0.1, 0.15) is 35.2 Å². The van der Waals surface area contributed by atoms with Crippen LogP contribution in [-0.4, -0.2) is 44.3 Å². The fraction of sp³-hybridized carbons (Fsp3) is 0.391. The molecule has 154 valence electrons. The topological polar surface area (TPSA) is 73.9 Å². The molecule has 29 heavy (non-hydrogen) atoms. The SMILES string of the molecule is O=C(COC(=O)c1ccc(OCC2CCCO2)cc1)NCCCc1ccccc1. The first-order chi connectivity index (χ1) is 14.2. The van der Waals surface area contributed by atoms with E-state index < -0.39 is 5.97 Å². The lowest BCUT2D eigenvalue weighted by Crippen LogP contribution is -2.29. The Balaban J connectivity index is 1.31. The minimum absolute atomic E-state index is 0.144. The van der Waals surface area contributed by atoms with Gasteiger partial charge in [0.15, 0.2) is 6.61 Å². The maximum absolute atomic E-state index is 12.1. The maximum Gasteiger partial charge on any atom is 0.338 e. The largest absolute Gasteiger partial charge is 0.491 e. The molecule has 2 aromatic carbocycles. The number of carbonyl (C=O) groups is 2. The van der Waals surface area contributed by atoms with Crippen molar-refractivity contribution in [2.75, 3.05) is 26.4 Å². The summed E-state index contributed by atoms with van der Waals surface area (Å²) in [6, 6.07) is 16.8. The maximum atomic E-state index is 12.1. The summed E-state index contributed by atoms with van der Waals surface area (Å²) in [6.45, 7) is 1.55. The molecule has 0 radical (unpaired) electrons. The van der Waals surface area contributed by atoms with Crippen molar-refractivity contribution in [1.82, 2.24) is 5.32 Å². The number of carbonyl (C=O) groups excluding carboxylic acids is 2. The first-order valence-corrected chi connectivity index (χ1v) is 10.0. The van der Waals surface area contributed by atoms with E-state index in [1.807, 2.05) is 18.2 Å². The van der Waals surface area contributed by atoms with Gasteiger partial charge < -0.3 is 19.5 Å². The molecule has 0 saturated carbocycles. The first-order valence-electron chi connectivity index (χ1n) is 10.0. The molecule has 0 aromatic heterocycles. The van der Waals surface area contributed by atoms with Gasteiger partial charge in [0.05, 0.1) is 11.7 Å². The van der Waals surface area contributed by atoms with Crippen LogP contribution in [0.3, 0.4) is 0 Å². The molecule has 1 amide bonds. The Morgan fingerprint density at radius 3 is 2.59 bits per heavy atom. The molecule has 6 nitrogen and oxygen atoms in total. The number of hydrogen-bond acceptors (Lipinski definition) is 5. The summed E-state index contributed by atoms with van der Waals surface area (Å²) >= 11 is 0. The minimum Gasteiger partial charge on any atom is -0.491 e. The summed E-state index contributed by atoms with van der Waals surface area (Å²) < 4.78 is 16.3. The van der Waals surface area contributed by atoms with Crippen molar-refractivity contribution in [3.63, 3.8) is 0 Å². The Morgan fingerprint density at radius 1 is 1.07 bits per heavy atom. The molecule has 0 spiro atoms. The van der Waals surface area contributed by atoms with Crippen LogP contribution < -0.4 is 10.1 Å². The van der Waals surface area contributed by atoms with E-state index in [1.54, 1.807) is 24.3 Å². The highest BCUT2D eigenvalue weighted by Crippen LogP contribution is 2.17. The zero-order valence-electron chi connectivity index (χ0n) is 16.5. The zero-order valence-corrected chi connectivity index (χ0v) is 16.5. The fourth-order valence-corrected chi connectivity index (χ4v) is 3.08. The van der Waals surface area contributed by atoms with Crippen LogP contribution in [0.15, 0.2) is 54.6 Å². The van der Waals surface area contributed by atoms with Gasteiger partial charge in [0.25, 0.3) is 5.91 Å². The second-order valence-corrected chi connectivity index (χ2v) is 6.99. The molecule has 0 aliphatic carbocycles. The number of nitrogens with one attached hydrogen (secondary N) is 1. The number of esters is 1. The molecule has 0 bridgehead atoms. The molecule has 1 unspecified atom stereocenters. The number of ether oxygens (including phenoxy) is 3. The summed E-state index contributed by atoms with van der Waals surface area (Å²) in [7, 11) is 0. The average molecular weight is 397 g/mol. The third-order valence-electron chi connectivity index (χ3n) is 4.69. The highest BCUT2D eigenvalue weighted by Gasteiger charge is 2.16. The molecular weight excluding hydrogens is 370 g/mol. The van der Waals surface area contributed by atoms with E-state index in [4.69, 9.17) is 14.2 Å². The van der Waals surface area contributed by atoms with Gasteiger partial charge in [-0.25, -0.2) is 4.79 Å². The van der Waals surface area contributed by atoms with E-state index >= 15 is 0 Å². The van der Waals surface area contributed by atoms with Gasteiger partial charge in [0, 0.05) is 13.2 Å². The van der Waals surface area contributed by atoms with E-state index in [0.29, 0.717) is 24.5 Å². The highest BCUT2D eigenvalue weighted by atomic mass is 16.5. The second-order valence-electron chi connectivity index (χ2n) is 6.99. The average Bonchev–Trinajstić information content (AvgIpc) is 3.28. The van der Waals surface area contributed by atoms with E-state index in [9.17, 15) is 9.59 Å². The fourth-order valence-electron chi connectivity index (χ4n) is 3.08. The predicted molar refractivity (Wildman–Crippen MR) is 109 cm³/mol. The van der Waals surface area contributed by atoms with Crippen molar-refractivity contribution in [3.05, 3.63) is 65.7 Å². The number of benzene rings is 2. The van der Waals surface area contributed by atoms with Crippen molar-refractivity contribution in [1.29, 1.82) is 0 Å². The van der Waals surface area contributed by atoms with Gasteiger partial charge in [-0.05, 0) is 55.5 Å². The lowest BCUT2D eigenvalue weighted by atomic mass is 10.1. The summed E-state index contributed by atoms with van der Waals surface area (Å²) in [5.74, 6) is -0.161. The molecule has 1 fully saturated rings. The van der Waals surface area contributed by atoms with Crippen LogP contribution in [0.25, 0.3) is 0 Å². The Kier molecular flexibility index (Phi) is 8.07. The highest BCUT2D eigenvalue weighted by molar-refractivity contribution is 5.91. The van der Waals surface area contributed by atoms with E-state index in [-0.39, 0.29) is 18.6 Å². The van der Waals surface area contributed by atoms with Crippen LogP contribution in [0, 0.1) is 0 Å². The molecule has 2 aromatic rings. The van der Waals surface area contributed by atoms with Crippen LogP contribution in [0.5, 0.6) is 5.75 Å².